The zero-order valence-electron chi connectivity index (χ0n) is 12.1. The first-order valence-corrected chi connectivity index (χ1v) is 7.00. The van der Waals surface area contributed by atoms with Gasteiger partial charge in [-0.3, -0.25) is 0 Å². The van der Waals surface area contributed by atoms with Gasteiger partial charge in [0, 0.05) is 7.05 Å². The monoisotopic (exact) mass is 347 g/mol. The summed E-state index contributed by atoms with van der Waals surface area (Å²) >= 11 is 3.21. The standard InChI is InChI=1S/C14H19BrFNO3/c1-14(2,3)20-13(18)17(4)7-8-19-12-6-5-10(16)9-11(12)15/h5-6,9H,7-8H2,1-4H3. The van der Waals surface area contributed by atoms with Crippen LogP contribution in [0.4, 0.5) is 9.18 Å². The second-order valence-electron chi connectivity index (χ2n) is 5.33. The Labute approximate surface area is 127 Å². The number of hydrogen-bond acceptors (Lipinski definition) is 3. The molecule has 0 fully saturated rings. The van der Waals surface area contributed by atoms with Crippen molar-refractivity contribution in [3.8, 4) is 5.75 Å². The summed E-state index contributed by atoms with van der Waals surface area (Å²) in [6.07, 6.45) is -0.403. The highest BCUT2D eigenvalue weighted by molar-refractivity contribution is 9.10. The molecule has 1 aromatic carbocycles. The lowest BCUT2D eigenvalue weighted by Crippen LogP contribution is -2.36. The molecule has 1 aromatic rings. The van der Waals surface area contributed by atoms with Gasteiger partial charge >= 0.3 is 6.09 Å². The third kappa shape index (κ3) is 5.77. The molecule has 6 heteroatoms. The van der Waals surface area contributed by atoms with Crippen LogP contribution in [0.2, 0.25) is 0 Å². The lowest BCUT2D eigenvalue weighted by atomic mass is 10.2. The minimum atomic E-state index is -0.522. The molecule has 0 aromatic heterocycles. The number of halogens is 2. The number of ether oxygens (including phenoxy) is 2. The van der Waals surface area contributed by atoms with Gasteiger partial charge in [-0.25, -0.2) is 9.18 Å². The smallest absolute Gasteiger partial charge is 0.410 e. The van der Waals surface area contributed by atoms with Crippen LogP contribution in [0.5, 0.6) is 5.75 Å². The van der Waals surface area contributed by atoms with E-state index in [1.165, 1.54) is 23.1 Å². The Hall–Kier alpha value is -1.30. The molecule has 0 saturated heterocycles. The van der Waals surface area contributed by atoms with E-state index in [0.717, 1.165) is 0 Å². The zero-order valence-corrected chi connectivity index (χ0v) is 13.7. The van der Waals surface area contributed by atoms with Crippen LogP contribution < -0.4 is 4.74 Å². The molecule has 1 amide bonds. The lowest BCUT2D eigenvalue weighted by Gasteiger charge is -2.24. The number of benzene rings is 1. The molecule has 1 rings (SSSR count). The van der Waals surface area contributed by atoms with E-state index in [2.05, 4.69) is 15.9 Å². The molecule has 20 heavy (non-hydrogen) atoms. The Morgan fingerprint density at radius 1 is 1.40 bits per heavy atom. The molecular formula is C14H19BrFNO3. The molecule has 0 atom stereocenters. The van der Waals surface area contributed by atoms with Crippen molar-refractivity contribution < 1.29 is 18.7 Å². The van der Waals surface area contributed by atoms with Crippen molar-refractivity contribution in [1.29, 1.82) is 0 Å². The molecule has 0 unspecified atom stereocenters. The quantitative estimate of drug-likeness (QED) is 0.830. The number of carbonyl (C=O) groups is 1. The van der Waals surface area contributed by atoms with Gasteiger partial charge < -0.3 is 14.4 Å². The van der Waals surface area contributed by atoms with Crippen molar-refractivity contribution in [3.05, 3.63) is 28.5 Å². The van der Waals surface area contributed by atoms with E-state index in [1.54, 1.807) is 7.05 Å². The highest BCUT2D eigenvalue weighted by Gasteiger charge is 2.19. The average Bonchev–Trinajstić information content (AvgIpc) is 2.29. The second kappa shape index (κ2) is 6.92. The molecular weight excluding hydrogens is 329 g/mol. The average molecular weight is 348 g/mol. The van der Waals surface area contributed by atoms with Crippen molar-refractivity contribution in [2.75, 3.05) is 20.2 Å². The molecule has 0 heterocycles. The van der Waals surface area contributed by atoms with E-state index in [4.69, 9.17) is 9.47 Å². The van der Waals surface area contributed by atoms with Crippen LogP contribution >= 0.6 is 15.9 Å². The van der Waals surface area contributed by atoms with Gasteiger partial charge in [0.05, 0.1) is 11.0 Å². The van der Waals surface area contributed by atoms with Crippen molar-refractivity contribution >= 4 is 22.0 Å². The Kier molecular flexibility index (Phi) is 5.80. The van der Waals surface area contributed by atoms with Crippen LogP contribution in [-0.2, 0) is 4.74 Å². The minimum Gasteiger partial charge on any atom is -0.491 e. The lowest BCUT2D eigenvalue weighted by molar-refractivity contribution is 0.0278. The van der Waals surface area contributed by atoms with Crippen LogP contribution in [0.15, 0.2) is 22.7 Å². The molecule has 0 spiro atoms. The Bertz CT molecular complexity index is 474. The predicted octanol–water partition coefficient (Wildman–Crippen LogP) is 3.83. The van der Waals surface area contributed by atoms with Crippen LogP contribution in [-0.4, -0.2) is 36.8 Å². The van der Waals surface area contributed by atoms with Gasteiger partial charge in [0.2, 0.25) is 0 Å². The Morgan fingerprint density at radius 3 is 2.60 bits per heavy atom. The van der Waals surface area contributed by atoms with Gasteiger partial charge in [0.25, 0.3) is 0 Å². The number of rotatable bonds is 4. The molecule has 0 radical (unpaired) electrons. The molecule has 0 aliphatic rings. The summed E-state index contributed by atoms with van der Waals surface area (Å²) in [6.45, 7) is 6.10. The summed E-state index contributed by atoms with van der Waals surface area (Å²) in [7, 11) is 1.64. The Morgan fingerprint density at radius 2 is 2.05 bits per heavy atom. The molecule has 112 valence electrons. The normalized spacial score (nSPS) is 11.1. The van der Waals surface area contributed by atoms with Crippen molar-refractivity contribution in [2.45, 2.75) is 26.4 Å². The molecule has 0 N–H and O–H groups in total. The maximum atomic E-state index is 12.9. The van der Waals surface area contributed by atoms with E-state index in [1.807, 2.05) is 20.8 Å². The van der Waals surface area contributed by atoms with E-state index in [-0.39, 0.29) is 5.82 Å². The zero-order chi connectivity index (χ0) is 15.3. The summed E-state index contributed by atoms with van der Waals surface area (Å²) < 4.78 is 24.1. The van der Waals surface area contributed by atoms with Crippen LogP contribution in [0, 0.1) is 5.82 Å². The van der Waals surface area contributed by atoms with Crippen LogP contribution in [0.25, 0.3) is 0 Å². The van der Waals surface area contributed by atoms with E-state index in [9.17, 15) is 9.18 Å². The first-order chi connectivity index (χ1) is 9.19. The van der Waals surface area contributed by atoms with Gasteiger partial charge in [-0.2, -0.15) is 0 Å². The predicted molar refractivity (Wildman–Crippen MR) is 78.5 cm³/mol. The first-order valence-electron chi connectivity index (χ1n) is 6.21. The summed E-state index contributed by atoms with van der Waals surface area (Å²) in [6, 6.07) is 4.18. The van der Waals surface area contributed by atoms with E-state index < -0.39 is 11.7 Å². The third-order valence-electron chi connectivity index (χ3n) is 2.28. The molecule has 0 aliphatic heterocycles. The molecule has 0 saturated carbocycles. The van der Waals surface area contributed by atoms with Crippen molar-refractivity contribution in [1.82, 2.24) is 4.90 Å². The van der Waals surface area contributed by atoms with Gasteiger partial charge in [0.1, 0.15) is 23.8 Å². The number of amides is 1. The number of likely N-dealkylation sites (N-methyl/N-ethyl adjacent to an activating group) is 1. The van der Waals surface area contributed by atoms with Crippen LogP contribution in [0.3, 0.4) is 0 Å². The van der Waals surface area contributed by atoms with E-state index >= 15 is 0 Å². The highest BCUT2D eigenvalue weighted by atomic mass is 79.9. The summed E-state index contributed by atoms with van der Waals surface area (Å²) in [5.74, 6) is 0.194. The van der Waals surface area contributed by atoms with Gasteiger partial charge in [-0.05, 0) is 54.9 Å². The SMILES string of the molecule is CN(CCOc1ccc(F)cc1Br)C(=O)OC(C)(C)C. The third-order valence-corrected chi connectivity index (χ3v) is 2.90. The fraction of sp³-hybridized carbons (Fsp3) is 0.500. The summed E-state index contributed by atoms with van der Waals surface area (Å²) in [5.41, 5.74) is -0.522. The molecule has 0 bridgehead atoms. The fourth-order valence-electron chi connectivity index (χ4n) is 1.32. The van der Waals surface area contributed by atoms with Crippen molar-refractivity contribution in [2.24, 2.45) is 0 Å². The summed E-state index contributed by atoms with van der Waals surface area (Å²) in [5, 5.41) is 0. The number of nitrogens with zero attached hydrogens (tertiary/aromatic N) is 1. The minimum absolute atomic E-state index is 0.292. The maximum absolute atomic E-state index is 12.9. The maximum Gasteiger partial charge on any atom is 0.410 e. The topological polar surface area (TPSA) is 38.8 Å². The first kappa shape index (κ1) is 16.8. The number of hydrogen-bond donors (Lipinski definition) is 0. The Balaban J connectivity index is 2.42. The fourth-order valence-corrected chi connectivity index (χ4v) is 1.78. The van der Waals surface area contributed by atoms with Crippen LogP contribution in [0.1, 0.15) is 20.8 Å². The van der Waals surface area contributed by atoms with Crippen molar-refractivity contribution in [3.63, 3.8) is 0 Å². The summed E-state index contributed by atoms with van der Waals surface area (Å²) in [4.78, 5) is 13.1. The number of carbonyl (C=O) groups excluding carboxylic acids is 1. The largest absolute Gasteiger partial charge is 0.491 e. The highest BCUT2D eigenvalue weighted by Crippen LogP contribution is 2.25. The van der Waals surface area contributed by atoms with Gasteiger partial charge in [-0.1, -0.05) is 0 Å². The molecule has 0 aliphatic carbocycles. The van der Waals surface area contributed by atoms with Gasteiger partial charge in [-0.15, -0.1) is 0 Å². The molecule has 4 nitrogen and oxygen atoms in total. The van der Waals surface area contributed by atoms with E-state index in [0.29, 0.717) is 23.4 Å². The second-order valence-corrected chi connectivity index (χ2v) is 6.18. The van der Waals surface area contributed by atoms with Gasteiger partial charge in [0.15, 0.2) is 0 Å².